The van der Waals surface area contributed by atoms with Crippen molar-refractivity contribution in [1.29, 1.82) is 0 Å². The summed E-state index contributed by atoms with van der Waals surface area (Å²) in [6.07, 6.45) is 1.89. The van der Waals surface area contributed by atoms with Gasteiger partial charge < -0.3 is 5.11 Å². The number of aryl methyl sites for hydroxylation is 2. The predicted molar refractivity (Wildman–Crippen MR) is 75.9 cm³/mol. The maximum atomic E-state index is 9.17. The van der Waals surface area contributed by atoms with Gasteiger partial charge in [0.15, 0.2) is 0 Å². The minimum atomic E-state index is 0.0425. The molecule has 1 aromatic heterocycles. The Kier molecular flexibility index (Phi) is 4.19. The van der Waals surface area contributed by atoms with Gasteiger partial charge in [-0.25, -0.2) is 4.68 Å². The Morgan fingerprint density at radius 2 is 2.00 bits per heavy atom. The fourth-order valence-electron chi connectivity index (χ4n) is 1.92. The molecule has 0 radical (unpaired) electrons. The molecule has 0 saturated carbocycles. The van der Waals surface area contributed by atoms with E-state index in [1.54, 1.807) is 0 Å². The summed E-state index contributed by atoms with van der Waals surface area (Å²) in [7, 11) is 0. The Balaban J connectivity index is 2.47. The summed E-state index contributed by atoms with van der Waals surface area (Å²) in [6, 6.07) is 8.05. The van der Waals surface area contributed by atoms with Crippen molar-refractivity contribution in [2.45, 2.75) is 33.3 Å². The zero-order valence-electron chi connectivity index (χ0n) is 10.7. The molecule has 0 atom stereocenters. The van der Waals surface area contributed by atoms with Crippen LogP contribution in [0.25, 0.3) is 5.69 Å². The van der Waals surface area contributed by atoms with Crippen LogP contribution in [-0.2, 0) is 19.4 Å². The molecule has 0 aliphatic rings. The van der Waals surface area contributed by atoms with E-state index < -0.39 is 0 Å². The second kappa shape index (κ2) is 5.67. The highest BCUT2D eigenvalue weighted by atomic mass is 79.9. The summed E-state index contributed by atoms with van der Waals surface area (Å²) in [5.41, 5.74) is 4.22. The fourth-order valence-corrected chi connectivity index (χ4v) is 2.41. The SMILES string of the molecule is CCc1cc(CC)n(-c2ccc(CO)c(Br)c2)n1. The Bertz CT molecular complexity index is 549. The molecule has 4 heteroatoms. The van der Waals surface area contributed by atoms with E-state index in [-0.39, 0.29) is 6.61 Å². The third-order valence-electron chi connectivity index (χ3n) is 3.01. The fraction of sp³-hybridized carbons (Fsp3) is 0.357. The number of nitrogens with zero attached hydrogens (tertiary/aromatic N) is 2. The van der Waals surface area contributed by atoms with Crippen LogP contribution in [0.1, 0.15) is 30.8 Å². The van der Waals surface area contributed by atoms with Crippen LogP contribution in [0.3, 0.4) is 0 Å². The van der Waals surface area contributed by atoms with E-state index >= 15 is 0 Å². The molecule has 2 aromatic rings. The molecule has 2 rings (SSSR count). The van der Waals surface area contributed by atoms with Gasteiger partial charge in [0.05, 0.1) is 18.0 Å². The summed E-state index contributed by atoms with van der Waals surface area (Å²) < 4.78 is 2.89. The Morgan fingerprint density at radius 3 is 2.56 bits per heavy atom. The van der Waals surface area contributed by atoms with Gasteiger partial charge in [-0.2, -0.15) is 5.10 Å². The number of aliphatic hydroxyl groups excluding tert-OH is 1. The summed E-state index contributed by atoms with van der Waals surface area (Å²) in [5, 5.41) is 13.8. The predicted octanol–water partition coefficient (Wildman–Crippen LogP) is 3.25. The monoisotopic (exact) mass is 308 g/mol. The normalized spacial score (nSPS) is 10.9. The quantitative estimate of drug-likeness (QED) is 0.941. The van der Waals surface area contributed by atoms with Crippen molar-refractivity contribution < 1.29 is 5.11 Å². The van der Waals surface area contributed by atoms with Crippen LogP contribution in [0, 0.1) is 0 Å². The standard InChI is InChI=1S/C14H17BrN2O/c1-3-11-7-12(4-2)17(16-11)13-6-5-10(9-18)14(15)8-13/h5-8,18H,3-4,9H2,1-2H3. The minimum Gasteiger partial charge on any atom is -0.392 e. The van der Waals surface area contributed by atoms with Crippen LogP contribution in [0.15, 0.2) is 28.7 Å². The van der Waals surface area contributed by atoms with Crippen LogP contribution < -0.4 is 0 Å². The van der Waals surface area contributed by atoms with E-state index in [1.165, 1.54) is 5.69 Å². The van der Waals surface area contributed by atoms with Crippen molar-refractivity contribution in [3.63, 3.8) is 0 Å². The van der Waals surface area contributed by atoms with Gasteiger partial charge in [0.1, 0.15) is 0 Å². The highest BCUT2D eigenvalue weighted by Gasteiger charge is 2.08. The topological polar surface area (TPSA) is 38.0 Å². The van der Waals surface area contributed by atoms with Crippen LogP contribution in [0.2, 0.25) is 0 Å². The molecule has 96 valence electrons. The molecule has 0 saturated heterocycles. The number of benzene rings is 1. The molecule has 0 unspecified atom stereocenters. The van der Waals surface area contributed by atoms with Gasteiger partial charge in [0.25, 0.3) is 0 Å². The maximum absolute atomic E-state index is 9.17. The van der Waals surface area contributed by atoms with E-state index in [0.717, 1.165) is 34.3 Å². The molecule has 0 bridgehead atoms. The highest BCUT2D eigenvalue weighted by molar-refractivity contribution is 9.10. The minimum absolute atomic E-state index is 0.0425. The lowest BCUT2D eigenvalue weighted by molar-refractivity contribution is 0.281. The highest BCUT2D eigenvalue weighted by Crippen LogP contribution is 2.22. The van der Waals surface area contributed by atoms with Gasteiger partial charge in [-0.3, -0.25) is 0 Å². The van der Waals surface area contributed by atoms with Crippen molar-refractivity contribution in [1.82, 2.24) is 9.78 Å². The van der Waals surface area contributed by atoms with E-state index in [1.807, 2.05) is 22.9 Å². The van der Waals surface area contributed by atoms with Gasteiger partial charge in [0, 0.05) is 10.2 Å². The molecule has 1 aromatic carbocycles. The third kappa shape index (κ3) is 2.49. The first-order chi connectivity index (χ1) is 8.69. The Morgan fingerprint density at radius 1 is 1.22 bits per heavy atom. The largest absolute Gasteiger partial charge is 0.392 e. The van der Waals surface area contributed by atoms with Crippen LogP contribution in [0.5, 0.6) is 0 Å². The lowest BCUT2D eigenvalue weighted by Gasteiger charge is -2.08. The van der Waals surface area contributed by atoms with Gasteiger partial charge >= 0.3 is 0 Å². The molecule has 3 nitrogen and oxygen atoms in total. The van der Waals surface area contributed by atoms with Crippen LogP contribution >= 0.6 is 15.9 Å². The lowest BCUT2D eigenvalue weighted by atomic mass is 10.2. The Labute approximate surface area is 116 Å². The second-order valence-corrected chi connectivity index (χ2v) is 5.03. The molecule has 0 aliphatic carbocycles. The van der Waals surface area contributed by atoms with Crippen LogP contribution in [-0.4, -0.2) is 14.9 Å². The molecule has 0 aliphatic heterocycles. The van der Waals surface area contributed by atoms with E-state index in [9.17, 15) is 5.11 Å². The average Bonchev–Trinajstić information content (AvgIpc) is 2.82. The molecule has 0 fully saturated rings. The number of rotatable bonds is 4. The van der Waals surface area contributed by atoms with Crippen molar-refractivity contribution in [2.75, 3.05) is 0 Å². The smallest absolute Gasteiger partial charge is 0.0692 e. The maximum Gasteiger partial charge on any atom is 0.0692 e. The number of aliphatic hydroxyl groups is 1. The number of hydrogen-bond donors (Lipinski definition) is 1. The summed E-state index contributed by atoms with van der Waals surface area (Å²) >= 11 is 3.47. The third-order valence-corrected chi connectivity index (χ3v) is 3.75. The van der Waals surface area contributed by atoms with Gasteiger partial charge in [-0.1, -0.05) is 35.8 Å². The molecule has 1 N–H and O–H groups in total. The van der Waals surface area contributed by atoms with E-state index in [0.29, 0.717) is 0 Å². The van der Waals surface area contributed by atoms with Gasteiger partial charge in [-0.15, -0.1) is 0 Å². The number of aromatic nitrogens is 2. The molecule has 0 amide bonds. The first-order valence-corrected chi connectivity index (χ1v) is 6.96. The number of halogens is 1. The first kappa shape index (κ1) is 13.3. The van der Waals surface area contributed by atoms with Gasteiger partial charge in [0.2, 0.25) is 0 Å². The number of hydrogen-bond acceptors (Lipinski definition) is 2. The molecular weight excluding hydrogens is 292 g/mol. The van der Waals surface area contributed by atoms with E-state index in [4.69, 9.17) is 0 Å². The lowest BCUT2D eigenvalue weighted by Crippen LogP contribution is -2.02. The van der Waals surface area contributed by atoms with Crippen molar-refractivity contribution >= 4 is 15.9 Å². The van der Waals surface area contributed by atoms with Crippen molar-refractivity contribution in [2.24, 2.45) is 0 Å². The summed E-state index contributed by atoms with van der Waals surface area (Å²) in [5.74, 6) is 0. The molecular formula is C14H17BrN2O. The second-order valence-electron chi connectivity index (χ2n) is 4.18. The molecule has 0 spiro atoms. The van der Waals surface area contributed by atoms with Crippen molar-refractivity contribution in [3.05, 3.63) is 45.7 Å². The van der Waals surface area contributed by atoms with E-state index in [2.05, 4.69) is 40.9 Å². The summed E-state index contributed by atoms with van der Waals surface area (Å²) in [6.45, 7) is 4.28. The van der Waals surface area contributed by atoms with Gasteiger partial charge in [-0.05, 0) is 36.6 Å². The molecule has 18 heavy (non-hydrogen) atoms. The Hall–Kier alpha value is -1.13. The average molecular weight is 309 g/mol. The first-order valence-electron chi connectivity index (χ1n) is 6.17. The van der Waals surface area contributed by atoms with Crippen molar-refractivity contribution in [3.8, 4) is 5.69 Å². The molecule has 1 heterocycles. The zero-order chi connectivity index (χ0) is 13.1. The summed E-state index contributed by atoms with van der Waals surface area (Å²) in [4.78, 5) is 0. The van der Waals surface area contributed by atoms with Crippen LogP contribution in [0.4, 0.5) is 0 Å². The zero-order valence-corrected chi connectivity index (χ0v) is 12.2.